The molecule has 2 N–H and O–H groups in total. The molecule has 24 heavy (non-hydrogen) atoms. The Balaban J connectivity index is 1.85. The van der Waals surface area contributed by atoms with Crippen LogP contribution in [-0.4, -0.2) is 34.3 Å². The number of aliphatic hydroxyl groups is 1. The molecular weight excluding hydrogens is 371 g/mol. The highest BCUT2D eigenvalue weighted by atomic mass is 35.5. The summed E-state index contributed by atoms with van der Waals surface area (Å²) in [5, 5.41) is 14.4. The van der Waals surface area contributed by atoms with Crippen molar-refractivity contribution in [3.05, 3.63) is 44.5 Å². The summed E-state index contributed by atoms with van der Waals surface area (Å²) >= 11 is 18.6. The second-order valence-corrected chi connectivity index (χ2v) is 7.08. The van der Waals surface area contributed by atoms with Crippen molar-refractivity contribution in [1.29, 1.82) is 0 Å². The average molecular weight is 388 g/mol. The van der Waals surface area contributed by atoms with Gasteiger partial charge in [0.25, 0.3) is 0 Å². The van der Waals surface area contributed by atoms with Gasteiger partial charge in [0.1, 0.15) is 5.02 Å². The summed E-state index contributed by atoms with van der Waals surface area (Å²) in [6.07, 6.45) is -0.326. The second-order valence-electron chi connectivity index (χ2n) is 5.86. The fraction of sp³-hybridized carbons (Fsp3) is 0.375. The minimum atomic E-state index is -0.326. The molecule has 0 spiro atoms. The van der Waals surface area contributed by atoms with Crippen LogP contribution in [0.2, 0.25) is 15.1 Å². The molecule has 1 aromatic carbocycles. The first-order chi connectivity index (χ1) is 11.3. The van der Waals surface area contributed by atoms with Crippen LogP contribution in [0.4, 0.5) is 11.8 Å². The first kappa shape index (κ1) is 17.5. The van der Waals surface area contributed by atoms with Gasteiger partial charge in [-0.1, -0.05) is 40.9 Å². The highest BCUT2D eigenvalue weighted by Crippen LogP contribution is 2.32. The predicted octanol–water partition coefficient (Wildman–Crippen LogP) is 4.10. The molecule has 1 aliphatic rings. The van der Waals surface area contributed by atoms with Crippen molar-refractivity contribution in [2.75, 3.05) is 23.3 Å². The third-order valence-corrected chi connectivity index (χ3v) is 4.95. The maximum atomic E-state index is 9.46. The number of hydrogen-bond donors (Lipinski definition) is 2. The molecule has 1 saturated heterocycles. The van der Waals surface area contributed by atoms with Gasteiger partial charge in [0.2, 0.25) is 5.95 Å². The number of aromatic nitrogens is 2. The number of aryl methyl sites for hydroxylation is 1. The number of nitrogens with one attached hydrogen (secondary N) is 1. The molecule has 3 rings (SSSR count). The first-order valence-electron chi connectivity index (χ1n) is 7.53. The molecule has 1 fully saturated rings. The molecule has 0 unspecified atom stereocenters. The van der Waals surface area contributed by atoms with E-state index >= 15 is 0 Å². The quantitative estimate of drug-likeness (QED) is 0.827. The van der Waals surface area contributed by atoms with Gasteiger partial charge in [-0.3, -0.25) is 0 Å². The Hall–Kier alpha value is -1.27. The highest BCUT2D eigenvalue weighted by molar-refractivity contribution is 6.35. The van der Waals surface area contributed by atoms with E-state index in [0.717, 1.165) is 5.56 Å². The molecule has 128 valence electrons. The van der Waals surface area contributed by atoms with Crippen LogP contribution >= 0.6 is 34.8 Å². The largest absolute Gasteiger partial charge is 0.389 e. The summed E-state index contributed by atoms with van der Waals surface area (Å²) in [4.78, 5) is 10.8. The van der Waals surface area contributed by atoms with E-state index < -0.39 is 0 Å². The van der Waals surface area contributed by atoms with Gasteiger partial charge in [-0.15, -0.1) is 0 Å². The zero-order valence-corrected chi connectivity index (χ0v) is 15.5. The average Bonchev–Trinajstić information content (AvgIpc) is 2.48. The number of aliphatic hydroxyl groups excluding tert-OH is 1. The second kappa shape index (κ2) is 6.92. The van der Waals surface area contributed by atoms with Crippen LogP contribution in [0.5, 0.6) is 0 Å². The SMILES string of the molecule is Cc1nc(N2CC(O)C2)nc(N[C@H](C)c2ccc(Cl)cc2Cl)c1Cl. The monoisotopic (exact) mass is 386 g/mol. The molecular formula is C16H17Cl3N4O. The van der Waals surface area contributed by atoms with E-state index in [1.165, 1.54) is 0 Å². The van der Waals surface area contributed by atoms with E-state index in [9.17, 15) is 5.11 Å². The summed E-state index contributed by atoms with van der Waals surface area (Å²) in [5.41, 5.74) is 1.58. The minimum Gasteiger partial charge on any atom is -0.389 e. The van der Waals surface area contributed by atoms with Crippen molar-refractivity contribution in [3.63, 3.8) is 0 Å². The molecule has 2 heterocycles. The predicted molar refractivity (Wildman–Crippen MR) is 98.5 cm³/mol. The zero-order valence-electron chi connectivity index (χ0n) is 13.2. The Bertz CT molecular complexity index is 765. The van der Waals surface area contributed by atoms with Crippen molar-refractivity contribution in [2.24, 2.45) is 0 Å². The van der Waals surface area contributed by atoms with Gasteiger partial charge in [0.05, 0.1) is 17.8 Å². The minimum absolute atomic E-state index is 0.114. The van der Waals surface area contributed by atoms with Crippen LogP contribution in [0.3, 0.4) is 0 Å². The van der Waals surface area contributed by atoms with Gasteiger partial charge in [0, 0.05) is 23.1 Å². The van der Waals surface area contributed by atoms with E-state index in [-0.39, 0.29) is 12.1 Å². The van der Waals surface area contributed by atoms with E-state index in [0.29, 0.717) is 45.6 Å². The third-order valence-electron chi connectivity index (χ3n) is 3.93. The third kappa shape index (κ3) is 3.54. The smallest absolute Gasteiger partial charge is 0.227 e. The van der Waals surface area contributed by atoms with Crippen molar-refractivity contribution in [1.82, 2.24) is 9.97 Å². The Kier molecular flexibility index (Phi) is 5.06. The molecule has 8 heteroatoms. The summed E-state index contributed by atoms with van der Waals surface area (Å²) in [5.74, 6) is 1.10. The van der Waals surface area contributed by atoms with Crippen LogP contribution in [0.1, 0.15) is 24.2 Å². The number of nitrogens with zero attached hydrogens (tertiary/aromatic N) is 3. The Morgan fingerprint density at radius 3 is 2.58 bits per heavy atom. The van der Waals surface area contributed by atoms with Crippen LogP contribution < -0.4 is 10.2 Å². The van der Waals surface area contributed by atoms with Gasteiger partial charge in [-0.2, -0.15) is 4.98 Å². The summed E-state index contributed by atoms with van der Waals surface area (Å²) in [6.45, 7) is 4.85. The van der Waals surface area contributed by atoms with Crippen LogP contribution in [0.15, 0.2) is 18.2 Å². The van der Waals surface area contributed by atoms with Crippen molar-refractivity contribution in [2.45, 2.75) is 26.0 Å². The molecule has 0 saturated carbocycles. The van der Waals surface area contributed by atoms with Crippen molar-refractivity contribution >= 4 is 46.6 Å². The lowest BCUT2D eigenvalue weighted by Gasteiger charge is -2.36. The number of benzene rings is 1. The number of rotatable bonds is 4. The number of β-amino-alcohol motifs (C(OH)–C–C–N with tert-alkyl or cyclic N) is 1. The molecule has 2 aromatic rings. The lowest BCUT2D eigenvalue weighted by Crippen LogP contribution is -2.51. The Morgan fingerprint density at radius 1 is 1.25 bits per heavy atom. The zero-order chi connectivity index (χ0) is 17.4. The highest BCUT2D eigenvalue weighted by Gasteiger charge is 2.28. The molecule has 1 aliphatic heterocycles. The Labute approximate surface area is 155 Å². The van der Waals surface area contributed by atoms with E-state index in [2.05, 4.69) is 15.3 Å². The number of hydrogen-bond acceptors (Lipinski definition) is 5. The number of halogens is 3. The molecule has 0 amide bonds. The Morgan fingerprint density at radius 2 is 1.96 bits per heavy atom. The summed E-state index contributed by atoms with van der Waals surface area (Å²) in [7, 11) is 0. The van der Waals surface area contributed by atoms with Gasteiger partial charge in [-0.05, 0) is 31.5 Å². The fourth-order valence-corrected chi connectivity index (χ4v) is 3.25. The first-order valence-corrected chi connectivity index (χ1v) is 8.67. The fourth-order valence-electron chi connectivity index (χ4n) is 2.54. The molecule has 0 bridgehead atoms. The standard InChI is InChI=1S/C16H17Cl3N4O/c1-8(12-4-3-10(17)5-13(12)18)20-15-14(19)9(2)21-16(22-15)23-6-11(24)7-23/h3-5,8,11,24H,6-7H2,1-2H3,(H,20,21,22)/t8-/m1/s1. The molecule has 0 aliphatic carbocycles. The summed E-state index contributed by atoms with van der Waals surface area (Å²) < 4.78 is 0. The van der Waals surface area contributed by atoms with E-state index in [1.54, 1.807) is 12.1 Å². The van der Waals surface area contributed by atoms with Gasteiger partial charge in [-0.25, -0.2) is 4.98 Å². The lowest BCUT2D eigenvalue weighted by atomic mass is 10.1. The maximum Gasteiger partial charge on any atom is 0.227 e. The molecule has 5 nitrogen and oxygen atoms in total. The lowest BCUT2D eigenvalue weighted by molar-refractivity contribution is 0.140. The molecule has 0 radical (unpaired) electrons. The van der Waals surface area contributed by atoms with Crippen molar-refractivity contribution < 1.29 is 5.11 Å². The van der Waals surface area contributed by atoms with E-state index in [1.807, 2.05) is 24.8 Å². The normalized spacial score (nSPS) is 16.0. The number of anilines is 2. The maximum absolute atomic E-state index is 9.46. The van der Waals surface area contributed by atoms with Crippen LogP contribution in [0, 0.1) is 6.92 Å². The van der Waals surface area contributed by atoms with Gasteiger partial charge >= 0.3 is 0 Å². The van der Waals surface area contributed by atoms with Gasteiger partial charge < -0.3 is 15.3 Å². The van der Waals surface area contributed by atoms with E-state index in [4.69, 9.17) is 34.8 Å². The molecule has 1 aromatic heterocycles. The van der Waals surface area contributed by atoms with Crippen LogP contribution in [-0.2, 0) is 0 Å². The van der Waals surface area contributed by atoms with Crippen molar-refractivity contribution in [3.8, 4) is 0 Å². The topological polar surface area (TPSA) is 61.3 Å². The summed E-state index contributed by atoms with van der Waals surface area (Å²) in [6, 6.07) is 5.25. The van der Waals surface area contributed by atoms with Crippen LogP contribution in [0.25, 0.3) is 0 Å². The van der Waals surface area contributed by atoms with Gasteiger partial charge in [0.15, 0.2) is 5.82 Å². The molecule has 1 atom stereocenters.